The lowest BCUT2D eigenvalue weighted by molar-refractivity contribution is 0.201. The molecule has 2 aliphatic heterocycles. The zero-order chi connectivity index (χ0) is 19.7. The number of aliphatic hydroxyl groups is 1. The number of anilines is 1. The number of thioether (sulfide) groups is 1. The number of nitrogens with zero attached hydrogens (tertiary/aromatic N) is 2. The molecule has 8 nitrogen and oxygen atoms in total. The minimum absolute atomic E-state index is 0.0475. The SMILES string of the molecule is Nc1cc(OCCO)cc2cc(C3=NCC(CN4CCS(=O)(=O)CC4)S3)[nH]c12. The summed E-state index contributed by atoms with van der Waals surface area (Å²) in [5.74, 6) is 1.13. The molecule has 1 aromatic heterocycles. The Morgan fingerprint density at radius 3 is 2.86 bits per heavy atom. The van der Waals surface area contributed by atoms with Crippen LogP contribution in [0.5, 0.6) is 5.75 Å². The maximum absolute atomic E-state index is 11.6. The Morgan fingerprint density at radius 1 is 1.32 bits per heavy atom. The molecule has 1 unspecified atom stereocenters. The van der Waals surface area contributed by atoms with Gasteiger partial charge in [0.2, 0.25) is 0 Å². The van der Waals surface area contributed by atoms with E-state index in [0.29, 0.717) is 29.8 Å². The van der Waals surface area contributed by atoms with Crippen molar-refractivity contribution in [3.05, 3.63) is 23.9 Å². The molecular weight excluding hydrogens is 400 g/mol. The highest BCUT2D eigenvalue weighted by Crippen LogP contribution is 2.32. The number of benzene rings is 1. The number of hydrogen-bond donors (Lipinski definition) is 3. The number of nitrogen functional groups attached to an aromatic ring is 1. The number of aromatic nitrogens is 1. The summed E-state index contributed by atoms with van der Waals surface area (Å²) in [6.07, 6.45) is 0. The normalized spacial score (nSPS) is 22.5. The fraction of sp³-hybridized carbons (Fsp3) is 0.500. The summed E-state index contributed by atoms with van der Waals surface area (Å²) in [5.41, 5.74) is 8.50. The first-order valence-corrected chi connectivity index (χ1v) is 11.9. The van der Waals surface area contributed by atoms with Crippen molar-refractivity contribution in [2.75, 3.05) is 56.6 Å². The molecule has 2 aliphatic rings. The van der Waals surface area contributed by atoms with Crippen LogP contribution in [0, 0.1) is 0 Å². The molecule has 1 aromatic carbocycles. The van der Waals surface area contributed by atoms with Crippen LogP contribution in [0.4, 0.5) is 5.69 Å². The van der Waals surface area contributed by atoms with E-state index in [1.165, 1.54) is 0 Å². The smallest absolute Gasteiger partial charge is 0.152 e. The van der Waals surface area contributed by atoms with E-state index in [4.69, 9.17) is 15.6 Å². The van der Waals surface area contributed by atoms with Crippen molar-refractivity contribution in [1.82, 2.24) is 9.88 Å². The fourth-order valence-electron chi connectivity index (χ4n) is 3.49. The predicted octanol–water partition coefficient (Wildman–Crippen LogP) is 0.714. The van der Waals surface area contributed by atoms with Crippen LogP contribution >= 0.6 is 11.8 Å². The second kappa shape index (κ2) is 7.94. The highest BCUT2D eigenvalue weighted by atomic mass is 32.2. The molecule has 0 saturated carbocycles. The standard InChI is InChI=1S/C18H24N4O4S2/c19-15-9-13(26-4-3-23)7-12-8-16(21-17(12)15)18-20-10-14(27-18)11-22-1-5-28(24,25)6-2-22/h7-9,14,21,23H,1-6,10-11,19H2. The number of ether oxygens (including phenoxy) is 1. The van der Waals surface area contributed by atoms with Crippen LogP contribution in [-0.4, -0.2) is 84.6 Å². The Balaban J connectivity index is 1.42. The average molecular weight is 425 g/mol. The largest absolute Gasteiger partial charge is 0.491 e. The highest BCUT2D eigenvalue weighted by Gasteiger charge is 2.27. The van der Waals surface area contributed by atoms with E-state index >= 15 is 0 Å². The Bertz CT molecular complexity index is 988. The number of nitrogens with one attached hydrogen (secondary N) is 1. The fourth-order valence-corrected chi connectivity index (χ4v) is 5.90. The summed E-state index contributed by atoms with van der Waals surface area (Å²) in [6, 6.07) is 5.65. The lowest BCUT2D eigenvalue weighted by atomic mass is 10.2. The molecule has 0 radical (unpaired) electrons. The van der Waals surface area contributed by atoms with Gasteiger partial charge in [0.1, 0.15) is 17.4 Å². The van der Waals surface area contributed by atoms with Crippen LogP contribution in [-0.2, 0) is 9.84 Å². The van der Waals surface area contributed by atoms with E-state index in [9.17, 15) is 8.42 Å². The molecular formula is C18H24N4O4S2. The zero-order valence-electron chi connectivity index (χ0n) is 15.4. The van der Waals surface area contributed by atoms with Gasteiger partial charge in [-0.3, -0.25) is 4.99 Å². The molecule has 2 aromatic rings. The second-order valence-electron chi connectivity index (χ2n) is 7.07. The van der Waals surface area contributed by atoms with Crippen molar-refractivity contribution in [3.63, 3.8) is 0 Å². The van der Waals surface area contributed by atoms with Gasteiger partial charge in [-0.2, -0.15) is 0 Å². The molecule has 0 bridgehead atoms. The minimum atomic E-state index is -2.85. The van der Waals surface area contributed by atoms with Gasteiger partial charge >= 0.3 is 0 Å². The van der Waals surface area contributed by atoms with Crippen LogP contribution in [0.25, 0.3) is 10.9 Å². The number of aromatic amines is 1. The van der Waals surface area contributed by atoms with E-state index < -0.39 is 9.84 Å². The number of H-pyrrole nitrogens is 1. The van der Waals surface area contributed by atoms with Crippen molar-refractivity contribution in [1.29, 1.82) is 0 Å². The van der Waals surface area contributed by atoms with Crippen LogP contribution in [0.3, 0.4) is 0 Å². The van der Waals surface area contributed by atoms with E-state index in [1.807, 2.05) is 12.1 Å². The lowest BCUT2D eigenvalue weighted by Gasteiger charge is -2.28. The predicted molar refractivity (Wildman–Crippen MR) is 113 cm³/mol. The van der Waals surface area contributed by atoms with E-state index in [1.54, 1.807) is 17.8 Å². The summed E-state index contributed by atoms with van der Waals surface area (Å²) in [4.78, 5) is 10.2. The Morgan fingerprint density at radius 2 is 2.11 bits per heavy atom. The molecule has 28 heavy (non-hydrogen) atoms. The Labute approximate surface area is 168 Å². The monoisotopic (exact) mass is 424 g/mol. The average Bonchev–Trinajstić information content (AvgIpc) is 3.29. The highest BCUT2D eigenvalue weighted by molar-refractivity contribution is 8.15. The molecule has 0 spiro atoms. The summed E-state index contributed by atoms with van der Waals surface area (Å²) in [7, 11) is -2.85. The molecule has 1 atom stereocenters. The summed E-state index contributed by atoms with van der Waals surface area (Å²) in [5, 5.41) is 11.1. The third-order valence-electron chi connectivity index (χ3n) is 4.94. The summed E-state index contributed by atoms with van der Waals surface area (Å²) >= 11 is 1.72. The third-order valence-corrected chi connectivity index (χ3v) is 7.75. The van der Waals surface area contributed by atoms with Gasteiger partial charge in [-0.05, 0) is 12.1 Å². The Hall–Kier alpha value is -1.75. The molecule has 1 saturated heterocycles. The number of hydrogen-bond acceptors (Lipinski definition) is 8. The summed E-state index contributed by atoms with van der Waals surface area (Å²) < 4.78 is 28.6. The minimum Gasteiger partial charge on any atom is -0.491 e. The van der Waals surface area contributed by atoms with Gasteiger partial charge < -0.3 is 25.5 Å². The maximum atomic E-state index is 11.6. The number of aliphatic hydroxyl groups excluding tert-OH is 1. The number of sulfone groups is 1. The number of rotatable bonds is 6. The molecule has 1 fully saturated rings. The van der Waals surface area contributed by atoms with Crippen molar-refractivity contribution in [3.8, 4) is 5.75 Å². The van der Waals surface area contributed by atoms with Gasteiger partial charge in [0.15, 0.2) is 9.84 Å². The van der Waals surface area contributed by atoms with E-state index in [0.717, 1.165) is 34.7 Å². The van der Waals surface area contributed by atoms with Gasteiger partial charge in [0.05, 0.1) is 41.6 Å². The molecule has 10 heteroatoms. The first kappa shape index (κ1) is 19.6. The quantitative estimate of drug-likeness (QED) is 0.584. The zero-order valence-corrected chi connectivity index (χ0v) is 17.1. The third kappa shape index (κ3) is 4.29. The summed E-state index contributed by atoms with van der Waals surface area (Å²) in [6.45, 7) is 2.95. The van der Waals surface area contributed by atoms with Crippen LogP contribution in [0.1, 0.15) is 5.69 Å². The van der Waals surface area contributed by atoms with Crippen molar-refractivity contribution >= 4 is 43.2 Å². The molecule has 152 valence electrons. The first-order valence-electron chi connectivity index (χ1n) is 9.24. The van der Waals surface area contributed by atoms with Crippen LogP contribution in [0.15, 0.2) is 23.2 Å². The van der Waals surface area contributed by atoms with Crippen LogP contribution in [0.2, 0.25) is 0 Å². The molecule has 3 heterocycles. The number of nitrogens with two attached hydrogens (primary N) is 1. The number of aliphatic imine (C=N–C) groups is 1. The molecule has 4 N–H and O–H groups in total. The van der Waals surface area contributed by atoms with Gasteiger partial charge in [-0.25, -0.2) is 8.42 Å². The molecule has 0 amide bonds. The van der Waals surface area contributed by atoms with Gasteiger partial charge in [0.25, 0.3) is 0 Å². The van der Waals surface area contributed by atoms with Gasteiger partial charge in [-0.1, -0.05) is 11.8 Å². The Kier molecular flexibility index (Phi) is 5.55. The van der Waals surface area contributed by atoms with Gasteiger partial charge in [-0.15, -0.1) is 0 Å². The molecule has 0 aliphatic carbocycles. The van der Waals surface area contributed by atoms with Crippen molar-refractivity contribution < 1.29 is 18.3 Å². The van der Waals surface area contributed by atoms with E-state index in [-0.39, 0.29) is 24.7 Å². The lowest BCUT2D eigenvalue weighted by Crippen LogP contribution is -2.43. The second-order valence-corrected chi connectivity index (χ2v) is 10.7. The number of fused-ring (bicyclic) bond motifs is 1. The topological polar surface area (TPSA) is 121 Å². The van der Waals surface area contributed by atoms with Crippen molar-refractivity contribution in [2.45, 2.75) is 5.25 Å². The van der Waals surface area contributed by atoms with Gasteiger partial charge in [0, 0.05) is 36.3 Å². The molecule has 4 rings (SSSR count). The first-order chi connectivity index (χ1) is 13.4. The van der Waals surface area contributed by atoms with E-state index in [2.05, 4.69) is 14.9 Å². The maximum Gasteiger partial charge on any atom is 0.152 e. The van der Waals surface area contributed by atoms with Crippen LogP contribution < -0.4 is 10.5 Å². The van der Waals surface area contributed by atoms with Crippen molar-refractivity contribution in [2.24, 2.45) is 4.99 Å².